The van der Waals surface area contributed by atoms with E-state index in [2.05, 4.69) is 0 Å². The highest BCUT2D eigenvalue weighted by molar-refractivity contribution is 6.04. The third-order valence-electron chi connectivity index (χ3n) is 3.35. The van der Waals surface area contributed by atoms with Gasteiger partial charge in [-0.1, -0.05) is 20.3 Å². The van der Waals surface area contributed by atoms with Gasteiger partial charge in [0, 0.05) is 6.42 Å². The van der Waals surface area contributed by atoms with Crippen LogP contribution in [0.4, 0.5) is 0 Å². The molecule has 0 heterocycles. The largest absolute Gasteiger partial charge is 0.465 e. The van der Waals surface area contributed by atoms with Crippen LogP contribution in [0.1, 0.15) is 46.5 Å². The molecule has 1 atom stereocenters. The predicted octanol–water partition coefficient (Wildman–Crippen LogP) is 2.33. The lowest BCUT2D eigenvalue weighted by atomic mass is 9.66. The number of esters is 1. The Balaban J connectivity index is 2.95. The predicted molar refractivity (Wildman–Crippen MR) is 57.4 cm³/mol. The quantitative estimate of drug-likeness (QED) is 0.532. The Morgan fingerprint density at radius 2 is 2.13 bits per heavy atom. The molecule has 1 aliphatic rings. The maximum Gasteiger partial charge on any atom is 0.319 e. The summed E-state index contributed by atoms with van der Waals surface area (Å²) in [6, 6.07) is 0. The fraction of sp³-hybridized carbons (Fsp3) is 0.833. The zero-order valence-electron chi connectivity index (χ0n) is 9.84. The maximum atomic E-state index is 12.0. The molecule has 15 heavy (non-hydrogen) atoms. The normalized spacial score (nSPS) is 26.8. The lowest BCUT2D eigenvalue weighted by Gasteiger charge is -2.36. The second-order valence-corrected chi connectivity index (χ2v) is 4.48. The summed E-state index contributed by atoms with van der Waals surface area (Å²) < 4.78 is 5.06. The Labute approximate surface area is 91.2 Å². The molecule has 0 radical (unpaired) electrons. The summed E-state index contributed by atoms with van der Waals surface area (Å²) in [5.41, 5.74) is -0.853. The van der Waals surface area contributed by atoms with Gasteiger partial charge in [-0.15, -0.1) is 0 Å². The molecule has 0 amide bonds. The van der Waals surface area contributed by atoms with E-state index in [1.807, 2.05) is 13.8 Å². The lowest BCUT2D eigenvalue weighted by molar-refractivity contribution is -0.165. The van der Waals surface area contributed by atoms with Crippen LogP contribution in [-0.4, -0.2) is 18.4 Å². The molecular formula is C12H20O3. The van der Waals surface area contributed by atoms with Gasteiger partial charge in [-0.05, 0) is 25.7 Å². The molecule has 86 valence electrons. The Bertz CT molecular complexity index is 258. The summed E-state index contributed by atoms with van der Waals surface area (Å²) in [4.78, 5) is 23.9. The van der Waals surface area contributed by atoms with E-state index < -0.39 is 5.41 Å². The van der Waals surface area contributed by atoms with E-state index in [0.717, 1.165) is 12.8 Å². The number of hydrogen-bond acceptors (Lipinski definition) is 3. The van der Waals surface area contributed by atoms with Gasteiger partial charge in [-0.3, -0.25) is 9.59 Å². The Morgan fingerprint density at radius 3 is 2.60 bits per heavy atom. The first kappa shape index (κ1) is 12.2. The fourth-order valence-corrected chi connectivity index (χ4v) is 2.37. The minimum atomic E-state index is -0.853. The summed E-state index contributed by atoms with van der Waals surface area (Å²) in [6.07, 6.45) is 3.04. The van der Waals surface area contributed by atoms with E-state index in [4.69, 9.17) is 4.74 Å². The number of ketones is 1. The molecular weight excluding hydrogens is 192 g/mol. The van der Waals surface area contributed by atoms with E-state index in [1.165, 1.54) is 0 Å². The first-order chi connectivity index (χ1) is 7.05. The van der Waals surface area contributed by atoms with E-state index in [9.17, 15) is 9.59 Å². The maximum absolute atomic E-state index is 12.0. The number of ether oxygens (including phenoxy) is 1. The zero-order chi connectivity index (χ0) is 11.5. The second kappa shape index (κ2) is 4.77. The minimum absolute atomic E-state index is 0.0318. The summed E-state index contributed by atoms with van der Waals surface area (Å²) in [7, 11) is 0. The number of hydrogen-bond donors (Lipinski definition) is 0. The third kappa shape index (κ3) is 2.06. The van der Waals surface area contributed by atoms with Crippen molar-refractivity contribution in [2.24, 2.45) is 11.3 Å². The molecule has 1 aliphatic carbocycles. The molecule has 3 nitrogen and oxygen atoms in total. The molecule has 0 N–H and O–H groups in total. The average Bonchev–Trinajstić information content (AvgIpc) is 2.18. The average molecular weight is 212 g/mol. The van der Waals surface area contributed by atoms with Crippen LogP contribution in [0.3, 0.4) is 0 Å². The van der Waals surface area contributed by atoms with Gasteiger partial charge in [-0.25, -0.2) is 0 Å². The van der Waals surface area contributed by atoms with Crippen molar-refractivity contribution in [1.82, 2.24) is 0 Å². The van der Waals surface area contributed by atoms with Crippen LogP contribution >= 0.6 is 0 Å². The smallest absolute Gasteiger partial charge is 0.319 e. The van der Waals surface area contributed by atoms with Crippen molar-refractivity contribution in [3.63, 3.8) is 0 Å². The summed E-state index contributed by atoms with van der Waals surface area (Å²) in [5, 5.41) is 0. The van der Waals surface area contributed by atoms with Crippen molar-refractivity contribution in [3.05, 3.63) is 0 Å². The van der Waals surface area contributed by atoms with E-state index >= 15 is 0 Å². The SMILES string of the molecule is CCOC(=O)C1(C(C)C)CCCCC1=O. The van der Waals surface area contributed by atoms with E-state index in [0.29, 0.717) is 19.4 Å². The minimum Gasteiger partial charge on any atom is -0.465 e. The van der Waals surface area contributed by atoms with Crippen LogP contribution in [0.2, 0.25) is 0 Å². The van der Waals surface area contributed by atoms with Gasteiger partial charge in [0.1, 0.15) is 11.2 Å². The van der Waals surface area contributed by atoms with Crippen molar-refractivity contribution >= 4 is 11.8 Å². The highest BCUT2D eigenvalue weighted by Gasteiger charge is 2.50. The van der Waals surface area contributed by atoms with Crippen LogP contribution in [0.25, 0.3) is 0 Å². The molecule has 0 bridgehead atoms. The van der Waals surface area contributed by atoms with Crippen LogP contribution in [0.5, 0.6) is 0 Å². The van der Waals surface area contributed by atoms with Gasteiger partial charge in [-0.2, -0.15) is 0 Å². The molecule has 1 fully saturated rings. The molecule has 0 saturated heterocycles. The van der Waals surface area contributed by atoms with Gasteiger partial charge >= 0.3 is 5.97 Å². The number of rotatable bonds is 3. The molecule has 0 spiro atoms. The highest BCUT2D eigenvalue weighted by Crippen LogP contribution is 2.40. The van der Waals surface area contributed by atoms with Crippen molar-refractivity contribution in [3.8, 4) is 0 Å². The third-order valence-corrected chi connectivity index (χ3v) is 3.35. The van der Waals surface area contributed by atoms with Crippen molar-refractivity contribution in [1.29, 1.82) is 0 Å². The van der Waals surface area contributed by atoms with E-state index in [1.54, 1.807) is 6.92 Å². The van der Waals surface area contributed by atoms with Crippen LogP contribution in [0.15, 0.2) is 0 Å². The summed E-state index contributed by atoms with van der Waals surface area (Å²) >= 11 is 0. The summed E-state index contributed by atoms with van der Waals surface area (Å²) in [5.74, 6) is -0.212. The van der Waals surface area contributed by atoms with Crippen molar-refractivity contribution < 1.29 is 14.3 Å². The topological polar surface area (TPSA) is 43.4 Å². The Morgan fingerprint density at radius 1 is 1.47 bits per heavy atom. The number of carbonyl (C=O) groups excluding carboxylic acids is 2. The lowest BCUT2D eigenvalue weighted by Crippen LogP contribution is -2.46. The second-order valence-electron chi connectivity index (χ2n) is 4.48. The van der Waals surface area contributed by atoms with Gasteiger partial charge in [0.25, 0.3) is 0 Å². The molecule has 1 saturated carbocycles. The van der Waals surface area contributed by atoms with Crippen LogP contribution in [0, 0.1) is 11.3 Å². The van der Waals surface area contributed by atoms with Crippen LogP contribution in [-0.2, 0) is 14.3 Å². The summed E-state index contributed by atoms with van der Waals surface area (Å²) in [6.45, 7) is 5.99. The van der Waals surface area contributed by atoms with Gasteiger partial charge in [0.05, 0.1) is 6.61 Å². The molecule has 1 unspecified atom stereocenters. The first-order valence-corrected chi connectivity index (χ1v) is 5.76. The Hall–Kier alpha value is -0.860. The first-order valence-electron chi connectivity index (χ1n) is 5.76. The van der Waals surface area contributed by atoms with Crippen molar-refractivity contribution in [2.45, 2.75) is 46.5 Å². The van der Waals surface area contributed by atoms with Gasteiger partial charge in [0.15, 0.2) is 0 Å². The van der Waals surface area contributed by atoms with Crippen LogP contribution < -0.4 is 0 Å². The Kier molecular flexibility index (Phi) is 3.89. The molecule has 0 aromatic heterocycles. The van der Waals surface area contributed by atoms with Gasteiger partial charge in [0.2, 0.25) is 0 Å². The molecule has 1 rings (SSSR count). The highest BCUT2D eigenvalue weighted by atomic mass is 16.5. The van der Waals surface area contributed by atoms with E-state index in [-0.39, 0.29) is 17.7 Å². The molecule has 0 aromatic carbocycles. The number of Topliss-reactive ketones (excluding diaryl/α,β-unsaturated/α-hetero) is 1. The fourth-order valence-electron chi connectivity index (χ4n) is 2.37. The molecule has 0 aliphatic heterocycles. The molecule has 0 aromatic rings. The van der Waals surface area contributed by atoms with Crippen molar-refractivity contribution in [2.75, 3.05) is 6.61 Å². The standard InChI is InChI=1S/C12H20O3/c1-4-15-11(14)12(9(2)3)8-6-5-7-10(12)13/h9H,4-8H2,1-3H3. The van der Waals surface area contributed by atoms with Gasteiger partial charge < -0.3 is 4.74 Å². The number of carbonyl (C=O) groups is 2. The zero-order valence-corrected chi connectivity index (χ0v) is 9.84. The molecule has 3 heteroatoms. The monoisotopic (exact) mass is 212 g/mol.